The van der Waals surface area contributed by atoms with Crippen LogP contribution < -0.4 is 24.2 Å². The van der Waals surface area contributed by atoms with Gasteiger partial charge in [-0.15, -0.1) is 0 Å². The first kappa shape index (κ1) is 21.1. The summed E-state index contributed by atoms with van der Waals surface area (Å²) in [5.74, 6) is -3.67. The number of rotatable bonds is 6. The number of aliphatic carboxylic acids is 2. The van der Waals surface area contributed by atoms with E-state index in [0.717, 1.165) is 0 Å². The van der Waals surface area contributed by atoms with Gasteiger partial charge < -0.3 is 26.8 Å². The van der Waals surface area contributed by atoms with Crippen molar-refractivity contribution in [3.8, 4) is 0 Å². The SMILES string of the molecule is CC(C)(C)OC(=O)NCCCC(O)(C(=O)O)C(=O)O.[H-].[Li+]. The molecule has 0 fully saturated rings. The van der Waals surface area contributed by atoms with E-state index in [1.54, 1.807) is 20.8 Å². The zero-order chi connectivity index (χ0) is 15.3. The molecule has 0 aliphatic rings. The molecule has 0 saturated heterocycles. The minimum absolute atomic E-state index is 0. The van der Waals surface area contributed by atoms with Gasteiger partial charge in [0, 0.05) is 6.54 Å². The fraction of sp³-hybridized carbons (Fsp3) is 0.727. The van der Waals surface area contributed by atoms with Gasteiger partial charge in [0.05, 0.1) is 0 Å². The molecule has 0 heterocycles. The monoisotopic (exact) mass is 285 g/mol. The summed E-state index contributed by atoms with van der Waals surface area (Å²) in [5.41, 5.74) is -3.50. The van der Waals surface area contributed by atoms with E-state index >= 15 is 0 Å². The quantitative estimate of drug-likeness (QED) is 0.237. The molecular formula is C11H20LiNO7. The Bertz CT molecular complexity index is 356. The number of amides is 1. The van der Waals surface area contributed by atoms with Crippen molar-refractivity contribution in [1.29, 1.82) is 0 Å². The van der Waals surface area contributed by atoms with Crippen molar-refractivity contribution in [2.75, 3.05) is 6.54 Å². The van der Waals surface area contributed by atoms with Gasteiger partial charge >= 0.3 is 36.9 Å². The summed E-state index contributed by atoms with van der Waals surface area (Å²) in [6, 6.07) is 0. The van der Waals surface area contributed by atoms with Crippen molar-refractivity contribution in [2.45, 2.75) is 44.8 Å². The van der Waals surface area contributed by atoms with Gasteiger partial charge in [-0.05, 0) is 33.6 Å². The average Bonchev–Trinajstić information content (AvgIpc) is 2.20. The van der Waals surface area contributed by atoms with Crippen LogP contribution in [-0.2, 0) is 14.3 Å². The third kappa shape index (κ3) is 7.38. The first-order valence-corrected chi connectivity index (χ1v) is 5.65. The molecule has 9 heteroatoms. The Morgan fingerprint density at radius 1 is 1.15 bits per heavy atom. The zero-order valence-corrected chi connectivity index (χ0v) is 12.1. The molecule has 0 saturated carbocycles. The summed E-state index contributed by atoms with van der Waals surface area (Å²) < 4.78 is 4.92. The van der Waals surface area contributed by atoms with Crippen LogP contribution in [0.5, 0.6) is 0 Å². The third-order valence-electron chi connectivity index (χ3n) is 2.09. The number of carbonyl (C=O) groups excluding carboxylic acids is 1. The molecule has 0 radical (unpaired) electrons. The molecule has 1 amide bonds. The Kier molecular flexibility index (Phi) is 8.58. The number of hydrogen-bond donors (Lipinski definition) is 4. The van der Waals surface area contributed by atoms with Crippen LogP contribution in [0.4, 0.5) is 4.79 Å². The summed E-state index contributed by atoms with van der Waals surface area (Å²) in [6.07, 6.45) is -1.23. The standard InChI is InChI=1S/C11H19NO7.Li.H/c1-10(2,3)19-9(17)12-6-4-5-11(18,7(13)14)8(15)16;;/h18H,4-6H2,1-3H3,(H,12,17)(H,13,14)(H,15,16);;/q;+1;-1. The molecule has 4 N–H and O–H groups in total. The minimum Gasteiger partial charge on any atom is -1.00 e. The maximum Gasteiger partial charge on any atom is 1.00 e. The van der Waals surface area contributed by atoms with Gasteiger partial charge in [-0.2, -0.15) is 0 Å². The summed E-state index contributed by atoms with van der Waals surface area (Å²) in [5, 5.41) is 28.9. The van der Waals surface area contributed by atoms with E-state index in [-0.39, 0.29) is 33.3 Å². The maximum absolute atomic E-state index is 11.2. The van der Waals surface area contributed by atoms with Crippen molar-refractivity contribution in [3.63, 3.8) is 0 Å². The van der Waals surface area contributed by atoms with Crippen molar-refractivity contribution >= 4 is 18.0 Å². The number of carbonyl (C=O) groups is 3. The minimum atomic E-state index is -2.84. The number of alkyl carbamates (subject to hydrolysis) is 1. The molecule has 20 heavy (non-hydrogen) atoms. The summed E-state index contributed by atoms with van der Waals surface area (Å²) in [7, 11) is 0. The van der Waals surface area contributed by atoms with Crippen LogP contribution in [0.2, 0.25) is 0 Å². The van der Waals surface area contributed by atoms with E-state index in [4.69, 9.17) is 14.9 Å². The van der Waals surface area contributed by atoms with Gasteiger partial charge in [0.2, 0.25) is 0 Å². The summed E-state index contributed by atoms with van der Waals surface area (Å²) in [6.45, 7) is 5.04. The van der Waals surface area contributed by atoms with Crippen LogP contribution in [0.15, 0.2) is 0 Å². The Hall–Kier alpha value is -1.23. The number of aliphatic hydroxyl groups is 1. The Labute approximate surface area is 130 Å². The van der Waals surface area contributed by atoms with E-state index in [2.05, 4.69) is 5.32 Å². The van der Waals surface area contributed by atoms with Gasteiger partial charge in [-0.25, -0.2) is 14.4 Å². The van der Waals surface area contributed by atoms with E-state index in [1.807, 2.05) is 0 Å². The predicted molar refractivity (Wildman–Crippen MR) is 64.8 cm³/mol. The molecule has 0 aromatic rings. The van der Waals surface area contributed by atoms with Crippen LogP contribution in [-0.4, -0.2) is 51.1 Å². The molecule has 8 nitrogen and oxygen atoms in total. The van der Waals surface area contributed by atoms with Crippen LogP contribution in [0.1, 0.15) is 35.0 Å². The van der Waals surface area contributed by atoms with Gasteiger partial charge in [-0.1, -0.05) is 0 Å². The molecule has 0 aliphatic carbocycles. The van der Waals surface area contributed by atoms with E-state index in [0.29, 0.717) is 0 Å². The molecule has 0 spiro atoms. The molecule has 0 aromatic carbocycles. The summed E-state index contributed by atoms with van der Waals surface area (Å²) in [4.78, 5) is 32.5. The molecule has 0 aromatic heterocycles. The summed E-state index contributed by atoms with van der Waals surface area (Å²) >= 11 is 0. The molecule has 0 atom stereocenters. The van der Waals surface area contributed by atoms with Crippen LogP contribution >= 0.6 is 0 Å². The number of carboxylic acids is 2. The number of nitrogens with one attached hydrogen (secondary N) is 1. The smallest absolute Gasteiger partial charge is 1.00 e. The van der Waals surface area contributed by atoms with Crippen molar-refractivity contribution < 1.29 is 54.7 Å². The van der Waals surface area contributed by atoms with Crippen LogP contribution in [0, 0.1) is 0 Å². The van der Waals surface area contributed by atoms with Gasteiger partial charge in [0.15, 0.2) is 0 Å². The number of ether oxygens (including phenoxy) is 1. The number of hydrogen-bond acceptors (Lipinski definition) is 5. The fourth-order valence-corrected chi connectivity index (χ4v) is 1.15. The second-order valence-electron chi connectivity index (χ2n) is 5.00. The molecule has 112 valence electrons. The second kappa shape index (κ2) is 8.14. The Balaban J connectivity index is -0.00000162. The first-order chi connectivity index (χ1) is 8.49. The average molecular weight is 285 g/mol. The van der Waals surface area contributed by atoms with E-state index < -0.39 is 35.7 Å². The predicted octanol–water partition coefficient (Wildman–Crippen LogP) is -2.69. The van der Waals surface area contributed by atoms with Crippen LogP contribution in [0.3, 0.4) is 0 Å². The fourth-order valence-electron chi connectivity index (χ4n) is 1.15. The molecule has 0 unspecified atom stereocenters. The molecular weight excluding hydrogens is 265 g/mol. The Morgan fingerprint density at radius 2 is 1.60 bits per heavy atom. The maximum atomic E-state index is 11.2. The first-order valence-electron chi connectivity index (χ1n) is 5.65. The molecule has 0 aliphatic heterocycles. The molecule has 0 rings (SSSR count). The topological polar surface area (TPSA) is 133 Å². The largest absolute Gasteiger partial charge is 1.00 e. The second-order valence-corrected chi connectivity index (χ2v) is 5.00. The van der Waals surface area contributed by atoms with Crippen LogP contribution in [0.25, 0.3) is 0 Å². The van der Waals surface area contributed by atoms with Gasteiger partial charge in [0.25, 0.3) is 5.60 Å². The third-order valence-corrected chi connectivity index (χ3v) is 2.09. The normalized spacial score (nSPS) is 11.2. The zero-order valence-electron chi connectivity index (χ0n) is 13.1. The van der Waals surface area contributed by atoms with E-state index in [1.165, 1.54) is 0 Å². The van der Waals surface area contributed by atoms with Crippen molar-refractivity contribution in [3.05, 3.63) is 0 Å². The van der Waals surface area contributed by atoms with E-state index in [9.17, 15) is 19.5 Å². The van der Waals surface area contributed by atoms with Crippen molar-refractivity contribution in [1.82, 2.24) is 5.32 Å². The number of carboxylic acid groups (broad SMARTS) is 2. The van der Waals surface area contributed by atoms with Gasteiger partial charge in [0.1, 0.15) is 5.60 Å². The molecule has 0 bridgehead atoms. The van der Waals surface area contributed by atoms with Gasteiger partial charge in [-0.3, -0.25) is 0 Å². The Morgan fingerprint density at radius 3 is 1.95 bits per heavy atom. The van der Waals surface area contributed by atoms with Crippen molar-refractivity contribution in [2.24, 2.45) is 0 Å².